The Kier molecular flexibility index (Phi) is 7.84. The Morgan fingerprint density at radius 3 is 2.14 bits per heavy atom. The van der Waals surface area contributed by atoms with E-state index in [2.05, 4.69) is 31.9 Å². The minimum atomic E-state index is -1.04. The van der Waals surface area contributed by atoms with Crippen molar-refractivity contribution in [3.63, 3.8) is 0 Å². The van der Waals surface area contributed by atoms with E-state index in [0.717, 1.165) is 6.07 Å². The summed E-state index contributed by atoms with van der Waals surface area (Å²) in [4.78, 5) is 64.3. The highest BCUT2D eigenvalue weighted by atomic mass is 79.9. The number of hydrogen-bond donors (Lipinski definition) is 0. The maximum Gasteiger partial charge on any atom is 0.282 e. The van der Waals surface area contributed by atoms with Crippen molar-refractivity contribution in [3.8, 4) is 0 Å². The van der Waals surface area contributed by atoms with E-state index < -0.39 is 52.5 Å². The first kappa shape index (κ1) is 26.7. The fourth-order valence-electron chi connectivity index (χ4n) is 4.44. The van der Waals surface area contributed by atoms with E-state index in [9.17, 15) is 29.3 Å². The van der Waals surface area contributed by atoms with Crippen LogP contribution in [-0.4, -0.2) is 54.6 Å². The van der Waals surface area contributed by atoms with Crippen LogP contribution in [0.1, 0.15) is 33.6 Å². The van der Waals surface area contributed by atoms with Gasteiger partial charge in [0.25, 0.3) is 23.4 Å². The summed E-state index contributed by atoms with van der Waals surface area (Å²) >= 11 is 19.1. The van der Waals surface area contributed by atoms with Crippen LogP contribution in [0.15, 0.2) is 42.5 Å². The molecule has 3 amide bonds. The van der Waals surface area contributed by atoms with Crippen LogP contribution < -0.4 is 0 Å². The summed E-state index contributed by atoms with van der Waals surface area (Å²) in [5.74, 6) is -4.41. The second-order valence-electron chi connectivity index (χ2n) is 8.39. The SMILES string of the molecule is O=C(CN(C(=O)c1ccccc1[N+](=O)[O-])N1C(=O)[C@@H]2C[C@@H](Br)[C@@H](Br)C[C@H]2C1=O)c1ccc(Cl)cc1Cl. The molecule has 13 heteroatoms. The lowest BCUT2D eigenvalue weighted by molar-refractivity contribution is -0.385. The first-order chi connectivity index (χ1) is 17.0. The number of rotatable bonds is 6. The Balaban J connectivity index is 1.76. The predicted molar refractivity (Wildman–Crippen MR) is 138 cm³/mol. The highest BCUT2D eigenvalue weighted by molar-refractivity contribution is 9.12. The number of amides is 3. The van der Waals surface area contributed by atoms with Crippen LogP contribution in [-0.2, 0) is 9.59 Å². The molecule has 0 aromatic heterocycles. The number of carbonyl (C=O) groups excluding carboxylic acids is 4. The molecule has 0 N–H and O–H groups in total. The maximum atomic E-state index is 13.6. The topological polar surface area (TPSA) is 118 Å². The highest BCUT2D eigenvalue weighted by Crippen LogP contribution is 2.44. The Hall–Kier alpha value is -2.34. The smallest absolute Gasteiger partial charge is 0.282 e. The van der Waals surface area contributed by atoms with Gasteiger partial charge in [0, 0.05) is 26.3 Å². The minimum Gasteiger partial charge on any atom is -0.292 e. The van der Waals surface area contributed by atoms with E-state index in [-0.39, 0.29) is 30.8 Å². The normalized spacial score (nSPS) is 23.4. The van der Waals surface area contributed by atoms with E-state index in [1.807, 2.05) is 0 Å². The van der Waals surface area contributed by atoms with Gasteiger partial charge in [-0.15, -0.1) is 0 Å². The zero-order valence-electron chi connectivity index (χ0n) is 18.3. The number of para-hydroxylation sites is 1. The number of Topliss-reactive ketones (excluding diaryl/α,β-unsaturated/α-hetero) is 1. The molecule has 0 radical (unpaired) electrons. The van der Waals surface area contributed by atoms with Gasteiger partial charge in [-0.2, -0.15) is 5.01 Å². The van der Waals surface area contributed by atoms with E-state index in [1.54, 1.807) is 0 Å². The van der Waals surface area contributed by atoms with Gasteiger partial charge in [0.1, 0.15) is 12.1 Å². The Labute approximate surface area is 232 Å². The number of nitrogens with zero attached hydrogens (tertiary/aromatic N) is 3. The van der Waals surface area contributed by atoms with Crippen LogP contribution >= 0.6 is 55.1 Å². The van der Waals surface area contributed by atoms with E-state index in [0.29, 0.717) is 22.9 Å². The van der Waals surface area contributed by atoms with Crippen molar-refractivity contribution in [2.24, 2.45) is 11.8 Å². The van der Waals surface area contributed by atoms with Gasteiger partial charge in [-0.05, 0) is 37.1 Å². The van der Waals surface area contributed by atoms with Crippen molar-refractivity contribution in [2.75, 3.05) is 6.54 Å². The fraction of sp³-hybridized carbons (Fsp3) is 0.304. The number of nitro groups is 1. The first-order valence-corrected chi connectivity index (χ1v) is 13.3. The molecule has 1 aliphatic carbocycles. The molecular weight excluding hydrogens is 645 g/mol. The average molecular weight is 662 g/mol. The van der Waals surface area contributed by atoms with E-state index >= 15 is 0 Å². The second kappa shape index (κ2) is 10.6. The standard InChI is InChI=1S/C23H17Br2Cl2N3O6/c24-16-8-14-15(9-17(16)25)23(34)29(22(14)33)28(10-20(31)12-6-5-11(26)7-18(12)27)21(32)13-3-1-2-4-19(13)30(35)36/h1-7,14-17H,8-10H2/t14-,15-,16-,17+/m1/s1. The van der Waals surface area contributed by atoms with Crippen molar-refractivity contribution in [1.29, 1.82) is 0 Å². The molecule has 1 saturated carbocycles. The lowest BCUT2D eigenvalue weighted by atomic mass is 9.81. The van der Waals surface area contributed by atoms with Gasteiger partial charge in [-0.25, -0.2) is 5.01 Å². The van der Waals surface area contributed by atoms with E-state index in [1.165, 1.54) is 36.4 Å². The molecule has 0 bridgehead atoms. The summed E-state index contributed by atoms with van der Waals surface area (Å²) in [6, 6.07) is 9.26. The van der Waals surface area contributed by atoms with Gasteiger partial charge >= 0.3 is 0 Å². The van der Waals surface area contributed by atoms with Crippen LogP contribution in [0.25, 0.3) is 0 Å². The maximum absolute atomic E-state index is 13.6. The van der Waals surface area contributed by atoms with Gasteiger partial charge in [0.15, 0.2) is 5.78 Å². The number of benzene rings is 2. The third kappa shape index (κ3) is 4.93. The number of nitro benzene ring substituents is 1. The summed E-state index contributed by atoms with van der Waals surface area (Å²) in [7, 11) is 0. The zero-order valence-corrected chi connectivity index (χ0v) is 23.0. The van der Waals surface area contributed by atoms with Crippen molar-refractivity contribution in [1.82, 2.24) is 10.0 Å². The molecule has 188 valence electrons. The Morgan fingerprint density at radius 1 is 1.00 bits per heavy atom. The summed E-state index contributed by atoms with van der Waals surface area (Å²) < 4.78 is 0. The molecule has 2 aliphatic rings. The van der Waals surface area contributed by atoms with Gasteiger partial charge in [-0.1, -0.05) is 67.2 Å². The molecule has 36 heavy (non-hydrogen) atoms. The van der Waals surface area contributed by atoms with Crippen LogP contribution in [0.5, 0.6) is 0 Å². The summed E-state index contributed by atoms with van der Waals surface area (Å²) in [5.41, 5.74) is -0.884. The number of imide groups is 1. The van der Waals surface area contributed by atoms with Gasteiger partial charge in [0.05, 0.1) is 21.8 Å². The fourth-order valence-corrected chi connectivity index (χ4v) is 6.19. The molecule has 2 aromatic carbocycles. The minimum absolute atomic E-state index is 0.0129. The quantitative estimate of drug-likeness (QED) is 0.140. The number of halogens is 4. The number of hydrazine groups is 1. The number of alkyl halides is 2. The summed E-state index contributed by atoms with van der Waals surface area (Å²) in [5, 5.41) is 13.2. The predicted octanol–water partition coefficient (Wildman–Crippen LogP) is 5.06. The lowest BCUT2D eigenvalue weighted by Crippen LogP contribution is -2.52. The van der Waals surface area contributed by atoms with Crippen molar-refractivity contribution in [3.05, 3.63) is 73.8 Å². The second-order valence-corrected chi connectivity index (χ2v) is 11.6. The van der Waals surface area contributed by atoms with Gasteiger partial charge in [-0.3, -0.25) is 29.3 Å². The Bertz CT molecular complexity index is 1260. The number of fused-ring (bicyclic) bond motifs is 1. The molecule has 1 aliphatic heterocycles. The lowest BCUT2D eigenvalue weighted by Gasteiger charge is -2.30. The third-order valence-electron chi connectivity index (χ3n) is 6.22. The van der Waals surface area contributed by atoms with Gasteiger partial charge in [0.2, 0.25) is 0 Å². The monoisotopic (exact) mass is 659 g/mol. The molecule has 0 unspecified atom stereocenters. The number of carbonyl (C=O) groups is 4. The molecule has 9 nitrogen and oxygen atoms in total. The average Bonchev–Trinajstić information content (AvgIpc) is 3.06. The van der Waals surface area contributed by atoms with Crippen molar-refractivity contribution < 1.29 is 24.1 Å². The summed E-state index contributed by atoms with van der Waals surface area (Å²) in [6.07, 6.45) is 0.679. The highest BCUT2D eigenvalue weighted by Gasteiger charge is 2.55. The summed E-state index contributed by atoms with van der Waals surface area (Å²) in [6.45, 7) is -0.751. The molecule has 2 aromatic rings. The van der Waals surface area contributed by atoms with Crippen molar-refractivity contribution >= 4 is 84.3 Å². The largest absolute Gasteiger partial charge is 0.292 e. The zero-order chi connectivity index (χ0) is 26.3. The van der Waals surface area contributed by atoms with Crippen molar-refractivity contribution in [2.45, 2.75) is 22.5 Å². The molecule has 1 heterocycles. The first-order valence-electron chi connectivity index (χ1n) is 10.7. The molecule has 0 spiro atoms. The third-order valence-corrected chi connectivity index (χ3v) is 9.50. The Morgan fingerprint density at radius 2 is 1.58 bits per heavy atom. The molecule has 4 atom stereocenters. The van der Waals surface area contributed by atoms with Crippen LogP contribution in [0.4, 0.5) is 5.69 Å². The van der Waals surface area contributed by atoms with E-state index in [4.69, 9.17) is 23.2 Å². The van der Waals surface area contributed by atoms with Crippen LogP contribution in [0.2, 0.25) is 10.0 Å². The van der Waals surface area contributed by atoms with Gasteiger partial charge < -0.3 is 0 Å². The number of ketones is 1. The molecule has 2 fully saturated rings. The molecular formula is C23H17Br2Cl2N3O6. The van der Waals surface area contributed by atoms with Crippen LogP contribution in [0, 0.1) is 22.0 Å². The molecule has 4 rings (SSSR count). The molecule has 1 saturated heterocycles. The van der Waals surface area contributed by atoms with Crippen LogP contribution in [0.3, 0.4) is 0 Å². The number of hydrogen-bond acceptors (Lipinski definition) is 6.